The average Bonchev–Trinajstić information content (AvgIpc) is 3.32. The van der Waals surface area contributed by atoms with E-state index in [4.69, 9.17) is 10.5 Å². The zero-order chi connectivity index (χ0) is 24.3. The first kappa shape index (κ1) is 21.5. The number of nitrogen functional groups attached to an aromatic ring is 1. The van der Waals surface area contributed by atoms with Crippen LogP contribution in [0.5, 0.6) is 11.6 Å². The highest BCUT2D eigenvalue weighted by Crippen LogP contribution is 2.25. The predicted octanol–water partition coefficient (Wildman–Crippen LogP) is 5.41. The largest absolute Gasteiger partial charge is 0.439 e. The normalized spacial score (nSPS) is 11.1. The second-order valence-electron chi connectivity index (χ2n) is 8.41. The number of hydrogen-bond acceptors (Lipinski definition) is 7. The van der Waals surface area contributed by atoms with Crippen molar-refractivity contribution in [2.75, 3.05) is 11.1 Å². The zero-order valence-corrected chi connectivity index (χ0v) is 19.4. The number of anilines is 2. The van der Waals surface area contributed by atoms with Gasteiger partial charge in [0.15, 0.2) is 0 Å². The lowest BCUT2D eigenvalue weighted by molar-refractivity contribution is 0.462. The molecule has 6 aromatic rings. The van der Waals surface area contributed by atoms with E-state index >= 15 is 0 Å². The fourth-order valence-electron chi connectivity index (χ4n) is 4.18. The van der Waals surface area contributed by atoms with E-state index < -0.39 is 0 Å². The molecular weight excluding hydrogens is 450 g/mol. The van der Waals surface area contributed by atoms with Gasteiger partial charge in [0.25, 0.3) is 0 Å². The molecule has 8 heteroatoms. The van der Waals surface area contributed by atoms with Crippen molar-refractivity contribution in [3.63, 3.8) is 0 Å². The third-order valence-corrected chi connectivity index (χ3v) is 6.01. The Kier molecular flexibility index (Phi) is 5.59. The topological polar surface area (TPSA) is 104 Å². The van der Waals surface area contributed by atoms with Crippen molar-refractivity contribution in [2.24, 2.45) is 0 Å². The number of fused-ring (bicyclic) bond motifs is 2. The summed E-state index contributed by atoms with van der Waals surface area (Å²) in [4.78, 5) is 12.9. The van der Waals surface area contributed by atoms with Crippen molar-refractivity contribution < 1.29 is 4.74 Å². The van der Waals surface area contributed by atoms with Crippen molar-refractivity contribution in [3.05, 3.63) is 109 Å². The van der Waals surface area contributed by atoms with Crippen LogP contribution in [0.4, 0.5) is 11.6 Å². The van der Waals surface area contributed by atoms with Crippen LogP contribution >= 0.6 is 0 Å². The minimum absolute atomic E-state index is 0.543. The van der Waals surface area contributed by atoms with E-state index in [1.165, 1.54) is 0 Å². The number of nitrogens with two attached hydrogens (primary N) is 1. The fraction of sp³-hybridized carbons (Fsp3) is 0.0714. The Hall–Kier alpha value is -4.98. The molecular formula is C28H23N7O. The summed E-state index contributed by atoms with van der Waals surface area (Å²) in [6.45, 7) is 1.27. The van der Waals surface area contributed by atoms with Crippen LogP contribution in [-0.4, -0.2) is 24.7 Å². The Balaban J connectivity index is 1.17. The van der Waals surface area contributed by atoms with E-state index in [9.17, 15) is 0 Å². The molecule has 0 aliphatic heterocycles. The molecule has 6 rings (SSSR count). The molecule has 4 heterocycles. The Morgan fingerprint density at radius 2 is 1.67 bits per heavy atom. The summed E-state index contributed by atoms with van der Waals surface area (Å²) < 4.78 is 7.76. The first-order valence-electron chi connectivity index (χ1n) is 11.6. The maximum Gasteiger partial charge on any atom is 0.219 e. The van der Waals surface area contributed by atoms with Gasteiger partial charge < -0.3 is 15.8 Å². The smallest absolute Gasteiger partial charge is 0.219 e. The molecule has 0 unspecified atom stereocenters. The number of nitrogens with zero attached hydrogens (tertiary/aromatic N) is 5. The number of hydrogen-bond donors (Lipinski definition) is 2. The maximum atomic E-state index is 5.97. The Morgan fingerprint density at radius 3 is 2.53 bits per heavy atom. The maximum absolute atomic E-state index is 5.97. The van der Waals surface area contributed by atoms with Gasteiger partial charge in [-0.3, -0.25) is 4.68 Å². The van der Waals surface area contributed by atoms with Crippen LogP contribution in [0.2, 0.25) is 0 Å². The van der Waals surface area contributed by atoms with E-state index in [0.717, 1.165) is 44.4 Å². The summed E-state index contributed by atoms with van der Waals surface area (Å²) in [5.74, 6) is 2.65. The predicted molar refractivity (Wildman–Crippen MR) is 141 cm³/mol. The standard InChI is InChI=1S/C28H23N7O/c29-27-23-9-6-20(15-21(23)10-13-31-27)16-33-28-24-17-34-35(25(24)11-14-32-28)18-19-4-7-22(8-5-19)36-26-3-1-2-12-30-26/h1-15,17H,16,18H2,(H2,29,31)(H,32,33). The van der Waals surface area contributed by atoms with Crippen LogP contribution in [0.3, 0.4) is 0 Å². The van der Waals surface area contributed by atoms with E-state index in [1.54, 1.807) is 18.6 Å². The third kappa shape index (κ3) is 4.39. The molecule has 0 aliphatic carbocycles. The minimum atomic E-state index is 0.543. The molecule has 0 spiro atoms. The van der Waals surface area contributed by atoms with Crippen molar-refractivity contribution in [3.8, 4) is 11.6 Å². The number of pyridine rings is 3. The molecule has 8 nitrogen and oxygen atoms in total. The van der Waals surface area contributed by atoms with Gasteiger partial charge in [-0.2, -0.15) is 5.10 Å². The van der Waals surface area contributed by atoms with E-state index in [-0.39, 0.29) is 0 Å². The second-order valence-corrected chi connectivity index (χ2v) is 8.41. The summed E-state index contributed by atoms with van der Waals surface area (Å²) in [5.41, 5.74) is 9.23. The van der Waals surface area contributed by atoms with Gasteiger partial charge in [-0.1, -0.05) is 30.3 Å². The first-order valence-corrected chi connectivity index (χ1v) is 11.6. The summed E-state index contributed by atoms with van der Waals surface area (Å²) in [5, 5.41) is 11.1. The van der Waals surface area contributed by atoms with Crippen molar-refractivity contribution in [2.45, 2.75) is 13.1 Å². The van der Waals surface area contributed by atoms with Gasteiger partial charge in [-0.05, 0) is 52.9 Å². The van der Waals surface area contributed by atoms with E-state index in [2.05, 4.69) is 37.5 Å². The summed E-state index contributed by atoms with van der Waals surface area (Å²) in [7, 11) is 0. The summed E-state index contributed by atoms with van der Waals surface area (Å²) >= 11 is 0. The van der Waals surface area contributed by atoms with Crippen LogP contribution in [0.1, 0.15) is 11.1 Å². The van der Waals surface area contributed by atoms with Crippen LogP contribution in [-0.2, 0) is 13.1 Å². The van der Waals surface area contributed by atoms with Crippen LogP contribution in [0.15, 0.2) is 97.6 Å². The molecule has 3 N–H and O–H groups in total. The molecule has 0 aliphatic rings. The van der Waals surface area contributed by atoms with Gasteiger partial charge in [0.05, 0.1) is 23.6 Å². The van der Waals surface area contributed by atoms with Crippen molar-refractivity contribution in [1.29, 1.82) is 0 Å². The van der Waals surface area contributed by atoms with Crippen LogP contribution in [0.25, 0.3) is 21.7 Å². The van der Waals surface area contributed by atoms with Crippen molar-refractivity contribution >= 4 is 33.3 Å². The molecule has 176 valence electrons. The summed E-state index contributed by atoms with van der Waals surface area (Å²) in [6, 6.07) is 23.7. The number of benzene rings is 2. The summed E-state index contributed by atoms with van der Waals surface area (Å²) in [6.07, 6.45) is 7.10. The fourth-order valence-corrected chi connectivity index (χ4v) is 4.18. The molecule has 0 saturated heterocycles. The van der Waals surface area contributed by atoms with Crippen LogP contribution in [0, 0.1) is 0 Å². The molecule has 4 aromatic heterocycles. The molecule has 36 heavy (non-hydrogen) atoms. The monoisotopic (exact) mass is 473 g/mol. The van der Waals surface area contributed by atoms with Gasteiger partial charge >= 0.3 is 0 Å². The molecule has 2 aromatic carbocycles. The average molecular weight is 474 g/mol. The lowest BCUT2D eigenvalue weighted by Crippen LogP contribution is -2.03. The molecule has 0 radical (unpaired) electrons. The molecule has 0 atom stereocenters. The third-order valence-electron chi connectivity index (χ3n) is 6.01. The molecule has 0 saturated carbocycles. The zero-order valence-electron chi connectivity index (χ0n) is 19.4. The van der Waals surface area contributed by atoms with Gasteiger partial charge in [0.1, 0.15) is 17.4 Å². The second kappa shape index (κ2) is 9.34. The quantitative estimate of drug-likeness (QED) is 0.319. The van der Waals surface area contributed by atoms with Crippen molar-refractivity contribution in [1.82, 2.24) is 24.7 Å². The minimum Gasteiger partial charge on any atom is -0.439 e. The Labute approximate surface area is 207 Å². The molecule has 0 fully saturated rings. The molecule has 0 bridgehead atoms. The highest BCUT2D eigenvalue weighted by Gasteiger charge is 2.10. The number of nitrogens with one attached hydrogen (secondary N) is 1. The van der Waals surface area contributed by atoms with Gasteiger partial charge in [0, 0.05) is 36.6 Å². The first-order chi connectivity index (χ1) is 17.7. The molecule has 0 amide bonds. The Morgan fingerprint density at radius 1 is 0.806 bits per heavy atom. The lowest BCUT2D eigenvalue weighted by atomic mass is 10.1. The number of rotatable bonds is 7. The van der Waals surface area contributed by atoms with Gasteiger partial charge in [0.2, 0.25) is 5.88 Å². The lowest BCUT2D eigenvalue weighted by Gasteiger charge is -2.09. The highest BCUT2D eigenvalue weighted by molar-refractivity contribution is 5.91. The highest BCUT2D eigenvalue weighted by atomic mass is 16.5. The van der Waals surface area contributed by atoms with Crippen LogP contribution < -0.4 is 15.8 Å². The number of aromatic nitrogens is 5. The number of ether oxygens (including phenoxy) is 1. The van der Waals surface area contributed by atoms with Gasteiger partial charge in [-0.15, -0.1) is 0 Å². The van der Waals surface area contributed by atoms with E-state index in [0.29, 0.717) is 24.8 Å². The van der Waals surface area contributed by atoms with Gasteiger partial charge in [-0.25, -0.2) is 15.0 Å². The van der Waals surface area contributed by atoms with E-state index in [1.807, 2.05) is 71.5 Å². The Bertz CT molecular complexity index is 1650. The SMILES string of the molecule is Nc1nccc2cc(CNc3nccc4c3cnn4Cc3ccc(Oc4ccccn4)cc3)ccc12.